The van der Waals surface area contributed by atoms with Crippen molar-refractivity contribution in [3.8, 4) is 0 Å². The number of rotatable bonds is 2. The van der Waals surface area contributed by atoms with Gasteiger partial charge in [0, 0.05) is 11.8 Å². The first-order valence-corrected chi connectivity index (χ1v) is 5.68. The fraction of sp³-hybridized carbons (Fsp3) is 0.917. The van der Waals surface area contributed by atoms with Crippen molar-refractivity contribution in [1.82, 2.24) is 0 Å². The summed E-state index contributed by atoms with van der Waals surface area (Å²) in [5.41, 5.74) is 1.22. The predicted molar refractivity (Wildman–Crippen MR) is 59.8 cm³/mol. The summed E-state index contributed by atoms with van der Waals surface area (Å²) in [6.45, 7) is 8.79. The van der Waals surface area contributed by atoms with Crippen molar-refractivity contribution in [2.24, 2.45) is 22.4 Å². The standard InChI is InChI=1S/C12H23NO/c1-9(12(2,3)4)11(13-14)10-7-5-6-8-10/h9-10,14H,5-8H2,1-4H3. The lowest BCUT2D eigenvalue weighted by Gasteiger charge is -2.30. The van der Waals surface area contributed by atoms with Gasteiger partial charge in [0.05, 0.1) is 5.71 Å². The summed E-state index contributed by atoms with van der Waals surface area (Å²) in [6, 6.07) is 0. The van der Waals surface area contributed by atoms with Crippen molar-refractivity contribution in [1.29, 1.82) is 0 Å². The molecule has 1 rings (SSSR count). The van der Waals surface area contributed by atoms with Gasteiger partial charge < -0.3 is 5.21 Å². The molecule has 0 spiro atoms. The first kappa shape index (κ1) is 11.5. The van der Waals surface area contributed by atoms with Gasteiger partial charge in [-0.3, -0.25) is 0 Å². The van der Waals surface area contributed by atoms with Crippen LogP contribution in [0, 0.1) is 17.3 Å². The summed E-state index contributed by atoms with van der Waals surface area (Å²) in [4.78, 5) is 0. The minimum absolute atomic E-state index is 0.199. The molecule has 1 aliphatic rings. The number of nitrogens with zero attached hydrogens (tertiary/aromatic N) is 1. The highest BCUT2D eigenvalue weighted by atomic mass is 16.4. The van der Waals surface area contributed by atoms with Crippen LogP contribution in [0.25, 0.3) is 0 Å². The highest BCUT2D eigenvalue weighted by molar-refractivity contribution is 5.89. The first-order valence-electron chi connectivity index (χ1n) is 5.68. The fourth-order valence-corrected chi connectivity index (χ4v) is 2.19. The van der Waals surface area contributed by atoms with Gasteiger partial charge in [-0.1, -0.05) is 45.7 Å². The Bertz CT molecular complexity index is 209. The topological polar surface area (TPSA) is 32.6 Å². The van der Waals surface area contributed by atoms with Gasteiger partial charge in [0.15, 0.2) is 0 Å². The molecule has 1 N–H and O–H groups in total. The largest absolute Gasteiger partial charge is 0.411 e. The summed E-state index contributed by atoms with van der Waals surface area (Å²) in [5.74, 6) is 0.907. The van der Waals surface area contributed by atoms with Gasteiger partial charge in [-0.25, -0.2) is 0 Å². The molecule has 0 aromatic carbocycles. The molecule has 0 radical (unpaired) electrons. The maximum absolute atomic E-state index is 9.11. The van der Waals surface area contributed by atoms with Gasteiger partial charge in [0.25, 0.3) is 0 Å². The van der Waals surface area contributed by atoms with Gasteiger partial charge in [-0.05, 0) is 18.3 Å². The Hall–Kier alpha value is -0.530. The molecule has 2 nitrogen and oxygen atoms in total. The lowest BCUT2D eigenvalue weighted by molar-refractivity contribution is 0.281. The molecule has 2 heteroatoms. The quantitative estimate of drug-likeness (QED) is 0.409. The number of oxime groups is 1. The molecule has 0 heterocycles. The van der Waals surface area contributed by atoms with Crippen LogP contribution in [0.2, 0.25) is 0 Å². The molecule has 0 aromatic rings. The van der Waals surface area contributed by atoms with E-state index in [1.807, 2.05) is 0 Å². The van der Waals surface area contributed by atoms with E-state index in [4.69, 9.17) is 5.21 Å². The SMILES string of the molecule is CC(C(=NO)C1CCCC1)C(C)(C)C. The van der Waals surface area contributed by atoms with E-state index in [-0.39, 0.29) is 5.41 Å². The number of hydrogen-bond donors (Lipinski definition) is 1. The highest BCUT2D eigenvalue weighted by Crippen LogP contribution is 2.35. The lowest BCUT2D eigenvalue weighted by atomic mass is 9.75. The average Bonchev–Trinajstić information content (AvgIpc) is 2.57. The second-order valence-corrected chi connectivity index (χ2v) is 5.59. The van der Waals surface area contributed by atoms with E-state index in [1.165, 1.54) is 25.7 Å². The maximum atomic E-state index is 9.11. The zero-order valence-corrected chi connectivity index (χ0v) is 9.88. The molecule has 0 bridgehead atoms. The zero-order chi connectivity index (χ0) is 10.8. The second kappa shape index (κ2) is 4.33. The van der Waals surface area contributed by atoms with Crippen molar-refractivity contribution in [3.05, 3.63) is 0 Å². The van der Waals surface area contributed by atoms with Gasteiger partial charge in [0.2, 0.25) is 0 Å². The van der Waals surface area contributed by atoms with Crippen LogP contribution in [0.5, 0.6) is 0 Å². The van der Waals surface area contributed by atoms with Crippen molar-refractivity contribution in [2.75, 3.05) is 0 Å². The Morgan fingerprint density at radius 3 is 2.14 bits per heavy atom. The second-order valence-electron chi connectivity index (χ2n) is 5.59. The van der Waals surface area contributed by atoms with E-state index in [2.05, 4.69) is 32.9 Å². The molecule has 1 atom stereocenters. The van der Waals surface area contributed by atoms with Gasteiger partial charge in [-0.2, -0.15) is 0 Å². The summed E-state index contributed by atoms with van der Waals surface area (Å²) in [6.07, 6.45) is 5.00. The number of hydrogen-bond acceptors (Lipinski definition) is 2. The van der Waals surface area contributed by atoms with Crippen LogP contribution in [-0.4, -0.2) is 10.9 Å². The third-order valence-electron chi connectivity index (χ3n) is 3.63. The Labute approximate surface area is 87.4 Å². The van der Waals surface area contributed by atoms with E-state index in [1.54, 1.807) is 0 Å². The monoisotopic (exact) mass is 197 g/mol. The van der Waals surface area contributed by atoms with Gasteiger partial charge >= 0.3 is 0 Å². The van der Waals surface area contributed by atoms with Gasteiger partial charge in [0.1, 0.15) is 0 Å². The van der Waals surface area contributed by atoms with Crippen LogP contribution < -0.4 is 0 Å². The summed E-state index contributed by atoms with van der Waals surface area (Å²) < 4.78 is 0. The average molecular weight is 197 g/mol. The molecule has 1 fully saturated rings. The van der Waals surface area contributed by atoms with E-state index >= 15 is 0 Å². The Kier molecular flexibility index (Phi) is 3.57. The van der Waals surface area contributed by atoms with E-state index < -0.39 is 0 Å². The molecule has 0 aliphatic heterocycles. The molecule has 14 heavy (non-hydrogen) atoms. The van der Waals surface area contributed by atoms with Gasteiger partial charge in [-0.15, -0.1) is 0 Å². The van der Waals surface area contributed by atoms with Crippen molar-refractivity contribution < 1.29 is 5.21 Å². The molecule has 0 amide bonds. The van der Waals surface area contributed by atoms with Crippen LogP contribution in [0.4, 0.5) is 0 Å². The van der Waals surface area contributed by atoms with Crippen molar-refractivity contribution in [3.63, 3.8) is 0 Å². The Morgan fingerprint density at radius 1 is 1.29 bits per heavy atom. The van der Waals surface area contributed by atoms with Crippen LogP contribution in [0.3, 0.4) is 0 Å². The van der Waals surface area contributed by atoms with Crippen LogP contribution >= 0.6 is 0 Å². The highest BCUT2D eigenvalue weighted by Gasteiger charge is 2.31. The van der Waals surface area contributed by atoms with E-state index in [9.17, 15) is 0 Å². The third-order valence-corrected chi connectivity index (χ3v) is 3.63. The molecule has 1 saturated carbocycles. The fourth-order valence-electron chi connectivity index (χ4n) is 2.19. The van der Waals surface area contributed by atoms with Crippen LogP contribution in [0.15, 0.2) is 5.16 Å². The molecule has 1 unspecified atom stereocenters. The molecular weight excluding hydrogens is 174 g/mol. The zero-order valence-electron chi connectivity index (χ0n) is 9.88. The summed E-state index contributed by atoms with van der Waals surface area (Å²) >= 11 is 0. The van der Waals surface area contributed by atoms with Crippen LogP contribution in [-0.2, 0) is 0 Å². The minimum atomic E-state index is 0.199. The molecule has 0 aromatic heterocycles. The first-order chi connectivity index (χ1) is 6.46. The Morgan fingerprint density at radius 2 is 1.79 bits per heavy atom. The predicted octanol–water partition coefficient (Wildman–Crippen LogP) is 3.69. The summed E-state index contributed by atoms with van der Waals surface area (Å²) in [5, 5.41) is 12.7. The smallest absolute Gasteiger partial charge is 0.0634 e. The normalized spacial score (nSPS) is 22.7. The maximum Gasteiger partial charge on any atom is 0.0634 e. The lowest BCUT2D eigenvalue weighted by Crippen LogP contribution is -2.30. The van der Waals surface area contributed by atoms with E-state index in [0.717, 1.165) is 5.71 Å². The molecular formula is C12H23NO. The summed E-state index contributed by atoms with van der Waals surface area (Å²) in [7, 11) is 0. The van der Waals surface area contributed by atoms with Crippen molar-refractivity contribution in [2.45, 2.75) is 53.4 Å². The van der Waals surface area contributed by atoms with Crippen LogP contribution in [0.1, 0.15) is 53.4 Å². The molecule has 0 saturated heterocycles. The Balaban J connectivity index is 2.71. The van der Waals surface area contributed by atoms with E-state index in [0.29, 0.717) is 11.8 Å². The third kappa shape index (κ3) is 2.49. The molecule has 1 aliphatic carbocycles. The minimum Gasteiger partial charge on any atom is -0.411 e. The van der Waals surface area contributed by atoms with Crippen molar-refractivity contribution >= 4 is 5.71 Å². The molecule has 82 valence electrons.